The van der Waals surface area contributed by atoms with Crippen LogP contribution in [0.3, 0.4) is 0 Å². The maximum Gasteiger partial charge on any atom is 0.119 e. The lowest BCUT2D eigenvalue weighted by Gasteiger charge is -2.23. The molecule has 2 unspecified atom stereocenters. The summed E-state index contributed by atoms with van der Waals surface area (Å²) in [5.74, 6) is 1.19. The quantitative estimate of drug-likeness (QED) is 0.768. The summed E-state index contributed by atoms with van der Waals surface area (Å²) in [6.07, 6.45) is 1.91. The van der Waals surface area contributed by atoms with Crippen molar-refractivity contribution in [1.29, 1.82) is 0 Å². The van der Waals surface area contributed by atoms with E-state index in [0.717, 1.165) is 25.2 Å². The molecule has 3 nitrogen and oxygen atoms in total. The van der Waals surface area contributed by atoms with Crippen molar-refractivity contribution in [3.63, 3.8) is 0 Å². The number of aliphatic hydroxyl groups excluding tert-OH is 2. The molecule has 0 fully saturated rings. The van der Waals surface area contributed by atoms with Crippen LogP contribution in [-0.4, -0.2) is 29.5 Å². The number of hydrogen-bond donors (Lipinski definition) is 2. The first-order chi connectivity index (χ1) is 9.53. The van der Waals surface area contributed by atoms with E-state index in [9.17, 15) is 5.11 Å². The second kappa shape index (κ2) is 8.28. The Bertz CT molecular complexity index is 392. The first kappa shape index (κ1) is 17.0. The van der Waals surface area contributed by atoms with E-state index in [0.29, 0.717) is 6.42 Å². The predicted octanol–water partition coefficient (Wildman–Crippen LogP) is 3.33. The van der Waals surface area contributed by atoms with Gasteiger partial charge < -0.3 is 14.9 Å². The number of aryl methyl sites for hydroxylation is 2. The third kappa shape index (κ3) is 4.50. The zero-order chi connectivity index (χ0) is 15.1. The molecule has 0 aliphatic rings. The minimum Gasteiger partial charge on any atom is -0.494 e. The van der Waals surface area contributed by atoms with Crippen LogP contribution in [0, 0.1) is 13.8 Å². The molecule has 1 rings (SSSR count). The molecule has 1 aromatic carbocycles. The SMILES string of the molecule is CCCOc1cc(C)c(C(CC)CC(O)CO)c(C)c1. The van der Waals surface area contributed by atoms with Gasteiger partial charge in [0.2, 0.25) is 0 Å². The Morgan fingerprint density at radius 1 is 1.15 bits per heavy atom. The lowest BCUT2D eigenvalue weighted by Crippen LogP contribution is -2.17. The predicted molar refractivity (Wildman–Crippen MR) is 82.4 cm³/mol. The second-order valence-corrected chi connectivity index (χ2v) is 5.50. The van der Waals surface area contributed by atoms with E-state index in [2.05, 4.69) is 39.8 Å². The Hall–Kier alpha value is -1.06. The van der Waals surface area contributed by atoms with Gasteiger partial charge in [-0.2, -0.15) is 0 Å². The molecule has 0 heterocycles. The van der Waals surface area contributed by atoms with Gasteiger partial charge in [0.15, 0.2) is 0 Å². The number of rotatable bonds is 8. The van der Waals surface area contributed by atoms with Gasteiger partial charge in [-0.1, -0.05) is 13.8 Å². The molecular weight excluding hydrogens is 252 g/mol. The third-order valence-corrected chi connectivity index (χ3v) is 3.71. The van der Waals surface area contributed by atoms with E-state index in [1.54, 1.807) is 0 Å². The van der Waals surface area contributed by atoms with Crippen LogP contribution < -0.4 is 4.74 Å². The van der Waals surface area contributed by atoms with Crippen LogP contribution in [0.15, 0.2) is 12.1 Å². The van der Waals surface area contributed by atoms with E-state index in [1.807, 2.05) is 0 Å². The maximum absolute atomic E-state index is 9.70. The average Bonchev–Trinajstić information content (AvgIpc) is 2.42. The number of hydrogen-bond acceptors (Lipinski definition) is 3. The normalized spacial score (nSPS) is 14.1. The van der Waals surface area contributed by atoms with E-state index < -0.39 is 6.10 Å². The van der Waals surface area contributed by atoms with Crippen LogP contribution in [0.4, 0.5) is 0 Å². The van der Waals surface area contributed by atoms with Gasteiger partial charge in [-0.3, -0.25) is 0 Å². The van der Waals surface area contributed by atoms with Gasteiger partial charge in [-0.05, 0) is 67.9 Å². The van der Waals surface area contributed by atoms with Gasteiger partial charge in [-0.15, -0.1) is 0 Å². The van der Waals surface area contributed by atoms with E-state index in [-0.39, 0.29) is 12.5 Å². The maximum atomic E-state index is 9.70. The summed E-state index contributed by atoms with van der Waals surface area (Å²) in [6.45, 7) is 8.96. The Morgan fingerprint density at radius 2 is 1.75 bits per heavy atom. The van der Waals surface area contributed by atoms with Crippen molar-refractivity contribution in [3.8, 4) is 5.75 Å². The molecule has 0 radical (unpaired) electrons. The zero-order valence-corrected chi connectivity index (χ0v) is 13.1. The Balaban J connectivity index is 2.98. The fourth-order valence-corrected chi connectivity index (χ4v) is 2.77. The molecule has 114 valence electrons. The molecule has 0 saturated heterocycles. The summed E-state index contributed by atoms with van der Waals surface area (Å²) in [4.78, 5) is 0. The van der Waals surface area contributed by atoms with Crippen molar-refractivity contribution in [2.24, 2.45) is 0 Å². The van der Waals surface area contributed by atoms with E-state index >= 15 is 0 Å². The highest BCUT2D eigenvalue weighted by atomic mass is 16.5. The Kier molecular flexibility index (Phi) is 7.03. The first-order valence-electron chi connectivity index (χ1n) is 7.56. The van der Waals surface area contributed by atoms with Crippen molar-refractivity contribution in [3.05, 3.63) is 28.8 Å². The summed E-state index contributed by atoms with van der Waals surface area (Å²) in [5.41, 5.74) is 3.69. The first-order valence-corrected chi connectivity index (χ1v) is 7.56. The molecule has 0 spiro atoms. The smallest absolute Gasteiger partial charge is 0.119 e. The van der Waals surface area contributed by atoms with Gasteiger partial charge in [0.05, 0.1) is 19.3 Å². The summed E-state index contributed by atoms with van der Waals surface area (Å²) >= 11 is 0. The minimum absolute atomic E-state index is 0.174. The highest BCUT2D eigenvalue weighted by molar-refractivity contribution is 5.43. The van der Waals surface area contributed by atoms with Gasteiger partial charge >= 0.3 is 0 Å². The highest BCUT2D eigenvalue weighted by Gasteiger charge is 2.19. The molecule has 0 amide bonds. The van der Waals surface area contributed by atoms with Crippen LogP contribution in [0.25, 0.3) is 0 Å². The molecule has 20 heavy (non-hydrogen) atoms. The molecule has 1 aromatic rings. The van der Waals surface area contributed by atoms with Gasteiger partial charge in [0, 0.05) is 0 Å². The van der Waals surface area contributed by atoms with Crippen LogP contribution in [0.5, 0.6) is 5.75 Å². The molecule has 0 aliphatic carbocycles. The van der Waals surface area contributed by atoms with Gasteiger partial charge in [0.1, 0.15) is 5.75 Å². The third-order valence-electron chi connectivity index (χ3n) is 3.71. The molecule has 2 atom stereocenters. The molecule has 3 heteroatoms. The summed E-state index contributed by atoms with van der Waals surface area (Å²) < 4.78 is 5.70. The Morgan fingerprint density at radius 3 is 2.20 bits per heavy atom. The topological polar surface area (TPSA) is 49.7 Å². The monoisotopic (exact) mass is 280 g/mol. The summed E-state index contributed by atoms with van der Waals surface area (Å²) in [5, 5.41) is 18.7. The molecule has 0 bridgehead atoms. The summed E-state index contributed by atoms with van der Waals surface area (Å²) in [6, 6.07) is 4.15. The van der Waals surface area contributed by atoms with Crippen LogP contribution >= 0.6 is 0 Å². The number of aliphatic hydroxyl groups is 2. The summed E-state index contributed by atoms with van der Waals surface area (Å²) in [7, 11) is 0. The standard InChI is InChI=1S/C17H28O3/c1-5-7-20-16-8-12(3)17(13(4)9-16)14(6-2)10-15(19)11-18/h8-9,14-15,18-19H,5-7,10-11H2,1-4H3. The van der Waals surface area contributed by atoms with Crippen molar-refractivity contribution < 1.29 is 14.9 Å². The lowest BCUT2D eigenvalue weighted by atomic mass is 9.85. The van der Waals surface area contributed by atoms with E-state index in [1.165, 1.54) is 16.7 Å². The van der Waals surface area contributed by atoms with Crippen molar-refractivity contribution in [2.45, 2.75) is 59.0 Å². The molecule has 2 N–H and O–H groups in total. The lowest BCUT2D eigenvalue weighted by molar-refractivity contribution is 0.0816. The second-order valence-electron chi connectivity index (χ2n) is 5.50. The minimum atomic E-state index is -0.644. The van der Waals surface area contributed by atoms with E-state index in [4.69, 9.17) is 9.84 Å². The number of ether oxygens (including phenoxy) is 1. The molecular formula is C17H28O3. The van der Waals surface area contributed by atoms with Crippen molar-refractivity contribution in [1.82, 2.24) is 0 Å². The van der Waals surface area contributed by atoms with Crippen molar-refractivity contribution in [2.75, 3.05) is 13.2 Å². The van der Waals surface area contributed by atoms with Crippen LogP contribution in [0.2, 0.25) is 0 Å². The zero-order valence-electron chi connectivity index (χ0n) is 13.1. The molecule has 0 saturated carbocycles. The Labute approximate surface area is 122 Å². The van der Waals surface area contributed by atoms with Gasteiger partial charge in [-0.25, -0.2) is 0 Å². The molecule has 0 aromatic heterocycles. The van der Waals surface area contributed by atoms with Crippen molar-refractivity contribution >= 4 is 0 Å². The highest BCUT2D eigenvalue weighted by Crippen LogP contribution is 2.33. The van der Waals surface area contributed by atoms with Crippen LogP contribution in [0.1, 0.15) is 55.7 Å². The fourth-order valence-electron chi connectivity index (χ4n) is 2.77. The molecule has 0 aliphatic heterocycles. The average molecular weight is 280 g/mol. The fraction of sp³-hybridized carbons (Fsp3) is 0.647. The van der Waals surface area contributed by atoms with Crippen LogP contribution in [-0.2, 0) is 0 Å². The largest absolute Gasteiger partial charge is 0.494 e. The number of benzene rings is 1. The van der Waals surface area contributed by atoms with Gasteiger partial charge in [0.25, 0.3) is 0 Å².